The van der Waals surface area contributed by atoms with Crippen LogP contribution in [0, 0.1) is 6.92 Å². The summed E-state index contributed by atoms with van der Waals surface area (Å²) in [5.74, 6) is 1.82. The molecule has 2 aromatic carbocycles. The number of aryl methyl sites for hydroxylation is 1. The maximum Gasteiger partial charge on any atom is 0.133 e. The fourth-order valence-electron chi connectivity index (χ4n) is 3.66. The van der Waals surface area contributed by atoms with Gasteiger partial charge in [-0.25, -0.2) is 0 Å². The van der Waals surface area contributed by atoms with Crippen LogP contribution < -0.4 is 14.4 Å². The molecule has 0 aromatic heterocycles. The first-order valence-corrected chi connectivity index (χ1v) is 9.89. The van der Waals surface area contributed by atoms with Crippen molar-refractivity contribution < 1.29 is 9.47 Å². The van der Waals surface area contributed by atoms with E-state index in [2.05, 4.69) is 47.1 Å². The van der Waals surface area contributed by atoms with Gasteiger partial charge < -0.3 is 14.4 Å². The molecule has 0 radical (unpaired) electrons. The first-order valence-electron chi connectivity index (χ1n) is 9.89. The van der Waals surface area contributed by atoms with Crippen molar-refractivity contribution in [2.24, 2.45) is 0 Å². The van der Waals surface area contributed by atoms with Gasteiger partial charge in [0.25, 0.3) is 0 Å². The number of rotatable bonds is 6. The number of allylic oxidation sites excluding steroid dienone is 1. The predicted octanol–water partition coefficient (Wildman–Crippen LogP) is 4.03. The van der Waals surface area contributed by atoms with E-state index < -0.39 is 0 Å². The van der Waals surface area contributed by atoms with Crippen molar-refractivity contribution in [1.82, 2.24) is 4.90 Å². The summed E-state index contributed by atoms with van der Waals surface area (Å²) in [7, 11) is 0. The Labute approximate surface area is 162 Å². The molecule has 0 saturated carbocycles. The van der Waals surface area contributed by atoms with Crippen molar-refractivity contribution in [3.05, 3.63) is 65.9 Å². The minimum Gasteiger partial charge on any atom is -0.493 e. The van der Waals surface area contributed by atoms with E-state index in [-0.39, 0.29) is 0 Å². The Morgan fingerprint density at radius 1 is 1.00 bits per heavy atom. The van der Waals surface area contributed by atoms with Gasteiger partial charge >= 0.3 is 0 Å². The zero-order valence-corrected chi connectivity index (χ0v) is 16.1. The van der Waals surface area contributed by atoms with Gasteiger partial charge in [0.05, 0.1) is 12.9 Å². The lowest BCUT2D eigenvalue weighted by atomic mass is 10.1. The summed E-state index contributed by atoms with van der Waals surface area (Å²) in [6.45, 7) is 8.40. The largest absolute Gasteiger partial charge is 0.493 e. The normalized spacial score (nSPS) is 16.7. The number of hydrogen-bond acceptors (Lipinski definition) is 4. The zero-order valence-electron chi connectivity index (χ0n) is 16.1. The fourth-order valence-corrected chi connectivity index (χ4v) is 3.66. The first kappa shape index (κ1) is 17.9. The molecule has 1 fully saturated rings. The molecular formula is C23H28N2O2. The van der Waals surface area contributed by atoms with Crippen molar-refractivity contribution in [3.63, 3.8) is 0 Å². The lowest BCUT2D eigenvalue weighted by Gasteiger charge is -2.36. The molecule has 0 amide bonds. The topological polar surface area (TPSA) is 24.9 Å². The summed E-state index contributed by atoms with van der Waals surface area (Å²) in [5, 5.41) is 0. The molecule has 0 N–H and O–H groups in total. The lowest BCUT2D eigenvalue weighted by Crippen LogP contribution is -2.46. The second kappa shape index (κ2) is 8.49. The number of piperazine rings is 1. The van der Waals surface area contributed by atoms with E-state index in [4.69, 9.17) is 9.47 Å². The third kappa shape index (κ3) is 4.64. The van der Waals surface area contributed by atoms with E-state index >= 15 is 0 Å². The third-order valence-corrected chi connectivity index (χ3v) is 5.33. The van der Waals surface area contributed by atoms with Crippen molar-refractivity contribution in [3.8, 4) is 11.5 Å². The van der Waals surface area contributed by atoms with Gasteiger partial charge in [0, 0.05) is 44.5 Å². The molecule has 142 valence electrons. The maximum absolute atomic E-state index is 5.92. The monoisotopic (exact) mass is 364 g/mol. The molecule has 0 atom stereocenters. The van der Waals surface area contributed by atoms with Crippen LogP contribution in [0.5, 0.6) is 11.5 Å². The minimum absolute atomic E-state index is 0.743. The average Bonchev–Trinajstić information content (AvgIpc) is 2.72. The van der Waals surface area contributed by atoms with Crippen molar-refractivity contribution >= 4 is 5.69 Å². The van der Waals surface area contributed by atoms with Crippen LogP contribution in [0.4, 0.5) is 5.69 Å². The Morgan fingerprint density at radius 3 is 2.63 bits per heavy atom. The highest BCUT2D eigenvalue weighted by Crippen LogP contribution is 2.28. The summed E-state index contributed by atoms with van der Waals surface area (Å²) in [6, 6.07) is 15.0. The second-order valence-corrected chi connectivity index (χ2v) is 7.33. The van der Waals surface area contributed by atoms with E-state index in [1.165, 1.54) is 16.8 Å². The average molecular weight is 364 g/mol. The highest BCUT2D eigenvalue weighted by Gasteiger charge is 2.16. The van der Waals surface area contributed by atoms with E-state index in [1.807, 2.05) is 18.2 Å². The number of anilines is 1. The number of hydrogen-bond donors (Lipinski definition) is 0. The van der Waals surface area contributed by atoms with E-state index in [0.29, 0.717) is 0 Å². The zero-order chi connectivity index (χ0) is 18.5. The third-order valence-electron chi connectivity index (χ3n) is 5.33. The molecule has 4 rings (SSSR count). The Balaban J connectivity index is 1.17. The molecule has 4 heteroatoms. The van der Waals surface area contributed by atoms with Crippen LogP contribution >= 0.6 is 0 Å². The molecule has 2 aliphatic rings. The van der Waals surface area contributed by atoms with Crippen LogP contribution in [0.2, 0.25) is 0 Å². The number of fused-ring (bicyclic) bond motifs is 1. The minimum atomic E-state index is 0.743. The van der Waals surface area contributed by atoms with E-state index in [0.717, 1.165) is 63.7 Å². The van der Waals surface area contributed by atoms with Gasteiger partial charge in [-0.1, -0.05) is 23.8 Å². The molecule has 0 aliphatic carbocycles. The molecule has 1 saturated heterocycles. The Bertz CT molecular complexity index is 777. The summed E-state index contributed by atoms with van der Waals surface area (Å²) in [4.78, 5) is 5.02. The summed E-state index contributed by atoms with van der Waals surface area (Å²) in [6.07, 6.45) is 5.76. The summed E-state index contributed by atoms with van der Waals surface area (Å²) >= 11 is 0. The van der Waals surface area contributed by atoms with Crippen LogP contribution in [0.15, 0.2) is 54.8 Å². The Morgan fingerprint density at radius 2 is 1.81 bits per heavy atom. The molecule has 0 bridgehead atoms. The SMILES string of the molecule is Cc1ccc(N2CCN(CCCOc3ccc4c(c3)OC=CC4)CC2)cc1. The van der Waals surface area contributed by atoms with Crippen molar-refractivity contribution in [2.75, 3.05) is 44.2 Å². The second-order valence-electron chi connectivity index (χ2n) is 7.33. The predicted molar refractivity (Wildman–Crippen MR) is 110 cm³/mol. The van der Waals surface area contributed by atoms with Gasteiger partial charge in [0.2, 0.25) is 0 Å². The molecule has 2 aliphatic heterocycles. The van der Waals surface area contributed by atoms with Gasteiger partial charge in [-0.15, -0.1) is 0 Å². The van der Waals surface area contributed by atoms with Crippen LogP contribution in [-0.4, -0.2) is 44.2 Å². The highest BCUT2D eigenvalue weighted by molar-refractivity contribution is 5.48. The molecule has 0 spiro atoms. The van der Waals surface area contributed by atoms with E-state index in [1.54, 1.807) is 6.26 Å². The highest BCUT2D eigenvalue weighted by atomic mass is 16.5. The van der Waals surface area contributed by atoms with Crippen molar-refractivity contribution in [1.29, 1.82) is 0 Å². The molecule has 27 heavy (non-hydrogen) atoms. The van der Waals surface area contributed by atoms with Crippen molar-refractivity contribution in [2.45, 2.75) is 19.8 Å². The lowest BCUT2D eigenvalue weighted by molar-refractivity contribution is 0.224. The van der Waals surface area contributed by atoms with E-state index in [9.17, 15) is 0 Å². The van der Waals surface area contributed by atoms with Crippen LogP contribution in [0.3, 0.4) is 0 Å². The van der Waals surface area contributed by atoms with Crippen LogP contribution in [0.25, 0.3) is 0 Å². The molecular weight excluding hydrogens is 336 g/mol. The Hall–Kier alpha value is -2.46. The van der Waals surface area contributed by atoms with Gasteiger partial charge in [0.1, 0.15) is 11.5 Å². The maximum atomic E-state index is 5.92. The van der Waals surface area contributed by atoms with Crippen LogP contribution in [0.1, 0.15) is 17.5 Å². The first-order chi connectivity index (χ1) is 13.3. The quantitative estimate of drug-likeness (QED) is 0.723. The van der Waals surface area contributed by atoms with Crippen LogP contribution in [-0.2, 0) is 6.42 Å². The molecule has 2 heterocycles. The Kier molecular flexibility index (Phi) is 5.64. The molecule has 0 unspecified atom stereocenters. The molecule has 2 aromatic rings. The fraction of sp³-hybridized carbons (Fsp3) is 0.391. The molecule has 4 nitrogen and oxygen atoms in total. The van der Waals surface area contributed by atoms with Gasteiger partial charge in [-0.05, 0) is 49.6 Å². The number of benzene rings is 2. The van der Waals surface area contributed by atoms with Gasteiger partial charge in [-0.3, -0.25) is 4.90 Å². The number of ether oxygens (including phenoxy) is 2. The summed E-state index contributed by atoms with van der Waals surface area (Å²) < 4.78 is 11.5. The summed E-state index contributed by atoms with van der Waals surface area (Å²) in [5.41, 5.74) is 3.88. The van der Waals surface area contributed by atoms with Gasteiger partial charge in [-0.2, -0.15) is 0 Å². The number of nitrogens with zero attached hydrogens (tertiary/aromatic N) is 2. The standard InChI is InChI=1S/C23H28N2O2/c1-19-5-8-21(9-6-19)25-14-12-24(13-15-25)11-3-17-26-22-10-7-20-4-2-16-27-23(20)18-22/h2,5-10,16,18H,3-4,11-15,17H2,1H3. The smallest absolute Gasteiger partial charge is 0.133 e. The van der Waals surface area contributed by atoms with Gasteiger partial charge in [0.15, 0.2) is 0 Å².